The Morgan fingerprint density at radius 3 is 2.04 bits per heavy atom. The molecule has 1 unspecified atom stereocenters. The van der Waals surface area contributed by atoms with Crippen LogP contribution in [-0.2, 0) is 21.0 Å². The number of hydrogen-bond donors (Lipinski definition) is 0. The van der Waals surface area contributed by atoms with Crippen molar-refractivity contribution in [1.82, 2.24) is 0 Å². The molecule has 3 rings (SSSR count). The van der Waals surface area contributed by atoms with E-state index >= 15 is 0 Å². The van der Waals surface area contributed by atoms with Crippen LogP contribution in [0.15, 0.2) is 51.4 Å². The molecule has 0 heterocycles. The van der Waals surface area contributed by atoms with E-state index in [1.165, 1.54) is 12.0 Å². The van der Waals surface area contributed by atoms with Crippen LogP contribution < -0.4 is 24.8 Å². The molecule has 0 saturated heterocycles. The third-order valence-corrected chi connectivity index (χ3v) is 17.2. The number of allylic oxidation sites excluding steroid dienone is 6. The summed E-state index contributed by atoms with van der Waals surface area (Å²) in [5, 5.41) is 0. The predicted octanol–water partition coefficient (Wildman–Crippen LogP) is 1.27. The van der Waals surface area contributed by atoms with Crippen LogP contribution >= 0.6 is 0 Å². The van der Waals surface area contributed by atoms with E-state index in [-0.39, 0.29) is 35.6 Å². The first-order valence-electron chi connectivity index (χ1n) is 9.90. The van der Waals surface area contributed by atoms with E-state index in [9.17, 15) is 0 Å². The number of halogens is 2. The minimum Gasteiger partial charge on any atom is -1.00 e. The fraction of sp³-hybridized carbons (Fsp3) is 0.480. The molecule has 3 heteroatoms. The van der Waals surface area contributed by atoms with Gasteiger partial charge in [-0.1, -0.05) is 0 Å². The second kappa shape index (κ2) is 9.27. The summed E-state index contributed by atoms with van der Waals surface area (Å²) in [6.45, 7) is 18.9. The van der Waals surface area contributed by atoms with E-state index in [0.29, 0.717) is 3.67 Å². The first-order valence-corrected chi connectivity index (χ1v) is 15.6. The Morgan fingerprint density at radius 1 is 0.929 bits per heavy atom. The molecule has 2 aliphatic carbocycles. The Bertz CT molecular complexity index is 851. The molecule has 0 radical (unpaired) electrons. The van der Waals surface area contributed by atoms with E-state index in [2.05, 4.69) is 97.9 Å². The van der Waals surface area contributed by atoms with Crippen LogP contribution in [0, 0.1) is 10.8 Å². The standard InChI is InChI=1S/C13H15.C9H13.C3H6.2ClH.Hf/c1-13(2,3)12-9-8-10-6-4-5-7-11(10)12;1-9(2,3)8-6-4-5-7-8;1-3-2;;;/h4-9H,1-3H3;6-7H,4H2,1-3H3;1-2H3;2*1H;/q;;;;;+2/p-2. The van der Waals surface area contributed by atoms with Gasteiger partial charge in [-0.05, 0) is 0 Å². The second-order valence-corrected chi connectivity index (χ2v) is 21.2. The summed E-state index contributed by atoms with van der Waals surface area (Å²) in [5.74, 6) is 0. The predicted molar refractivity (Wildman–Crippen MR) is 113 cm³/mol. The van der Waals surface area contributed by atoms with Crippen LogP contribution in [0.2, 0.25) is 0 Å². The molecular weight excluding hydrogens is 550 g/mol. The van der Waals surface area contributed by atoms with Crippen molar-refractivity contribution in [2.24, 2.45) is 10.8 Å². The third-order valence-electron chi connectivity index (χ3n) is 5.66. The molecule has 0 amide bonds. The maximum absolute atomic E-state index is 2.66. The van der Waals surface area contributed by atoms with Gasteiger partial charge in [-0.3, -0.25) is 0 Å². The summed E-state index contributed by atoms with van der Waals surface area (Å²) in [6.07, 6.45) is 8.94. The van der Waals surface area contributed by atoms with E-state index in [0.717, 1.165) is 0 Å². The molecular formula is C25H34Cl2Hf. The number of fused-ring (bicyclic) bond motifs is 1. The Balaban J connectivity index is 0.00000196. The Hall–Kier alpha value is -0.240. The van der Waals surface area contributed by atoms with Gasteiger partial charge < -0.3 is 24.8 Å². The van der Waals surface area contributed by atoms with Crippen molar-refractivity contribution in [1.29, 1.82) is 0 Å². The van der Waals surface area contributed by atoms with Gasteiger partial charge in [0.1, 0.15) is 0 Å². The molecule has 1 aromatic carbocycles. The molecule has 1 atom stereocenters. The van der Waals surface area contributed by atoms with Gasteiger partial charge in [-0.15, -0.1) is 0 Å². The zero-order chi connectivity index (χ0) is 19.3. The average molecular weight is 584 g/mol. The minimum absolute atomic E-state index is 0. The Morgan fingerprint density at radius 2 is 1.54 bits per heavy atom. The van der Waals surface area contributed by atoms with Gasteiger partial charge >= 0.3 is 169 Å². The molecule has 0 fully saturated rings. The van der Waals surface area contributed by atoms with Crippen molar-refractivity contribution in [3.05, 3.63) is 62.5 Å². The first kappa shape index (κ1) is 25.8. The second-order valence-electron chi connectivity index (χ2n) is 10.1. The van der Waals surface area contributed by atoms with Crippen LogP contribution in [0.5, 0.6) is 0 Å². The van der Waals surface area contributed by atoms with Gasteiger partial charge in [-0.2, -0.15) is 0 Å². The van der Waals surface area contributed by atoms with Crippen LogP contribution in [0.25, 0.3) is 5.57 Å². The molecule has 0 aromatic heterocycles. The molecule has 0 N–H and O–H groups in total. The SMILES string of the molecule is C[C](C)=[Hf+2]([C]1=CC(C(C)(C)C)=CC1)[CH]1C=C(C(C)(C)C)c2ccccc21.[Cl-].[Cl-]. The monoisotopic (exact) mass is 584 g/mol. The summed E-state index contributed by atoms with van der Waals surface area (Å²) in [6, 6.07) is 9.20. The molecule has 152 valence electrons. The molecule has 28 heavy (non-hydrogen) atoms. The number of hydrogen-bond acceptors (Lipinski definition) is 0. The van der Waals surface area contributed by atoms with E-state index < -0.39 is 21.0 Å². The van der Waals surface area contributed by atoms with E-state index in [1.807, 2.05) is 0 Å². The quantitative estimate of drug-likeness (QED) is 0.461. The van der Waals surface area contributed by atoms with Crippen LogP contribution in [0.4, 0.5) is 0 Å². The maximum Gasteiger partial charge on any atom is -1.00 e. The van der Waals surface area contributed by atoms with Gasteiger partial charge in [0.05, 0.1) is 0 Å². The zero-order valence-corrected chi connectivity index (χ0v) is 23.7. The molecule has 0 spiro atoms. The first-order chi connectivity index (χ1) is 12.0. The Kier molecular flexibility index (Phi) is 8.54. The van der Waals surface area contributed by atoms with E-state index in [4.69, 9.17) is 0 Å². The summed E-state index contributed by atoms with van der Waals surface area (Å²) >= 11 is -2.13. The summed E-state index contributed by atoms with van der Waals surface area (Å²) < 4.78 is 4.21. The molecule has 2 aliphatic rings. The normalized spacial score (nSPS) is 18.0. The van der Waals surface area contributed by atoms with Crippen molar-refractivity contribution in [2.75, 3.05) is 0 Å². The van der Waals surface area contributed by atoms with Crippen LogP contribution in [0.1, 0.15) is 76.6 Å². The van der Waals surface area contributed by atoms with Crippen molar-refractivity contribution >= 4 is 8.83 Å². The molecule has 0 saturated carbocycles. The third kappa shape index (κ3) is 5.08. The van der Waals surface area contributed by atoms with E-state index in [1.54, 1.807) is 23.3 Å². The summed E-state index contributed by atoms with van der Waals surface area (Å²) in [4.78, 5) is 0. The smallest absolute Gasteiger partial charge is 1.00 e. The fourth-order valence-corrected chi connectivity index (χ4v) is 15.8. The van der Waals surface area contributed by atoms with Crippen LogP contribution in [-0.4, -0.2) is 3.26 Å². The van der Waals surface area contributed by atoms with Crippen molar-refractivity contribution in [2.45, 2.75) is 65.5 Å². The van der Waals surface area contributed by atoms with Crippen molar-refractivity contribution < 1.29 is 45.8 Å². The van der Waals surface area contributed by atoms with Gasteiger partial charge in [-0.25, -0.2) is 0 Å². The average Bonchev–Trinajstić information content (AvgIpc) is 3.12. The summed E-state index contributed by atoms with van der Waals surface area (Å²) in [7, 11) is 0. The Labute approximate surface area is 192 Å². The van der Waals surface area contributed by atoms with Gasteiger partial charge in [0.2, 0.25) is 0 Å². The van der Waals surface area contributed by atoms with Crippen LogP contribution in [0.3, 0.4) is 0 Å². The molecule has 0 bridgehead atoms. The molecule has 0 nitrogen and oxygen atoms in total. The molecule has 1 aromatic rings. The fourth-order valence-electron chi connectivity index (χ4n) is 4.32. The topological polar surface area (TPSA) is 0 Å². The minimum atomic E-state index is -2.13. The van der Waals surface area contributed by atoms with Gasteiger partial charge in [0.15, 0.2) is 0 Å². The van der Waals surface area contributed by atoms with Crippen molar-refractivity contribution in [3.63, 3.8) is 0 Å². The number of benzene rings is 1. The zero-order valence-electron chi connectivity index (χ0n) is 18.6. The molecule has 0 aliphatic heterocycles. The summed E-state index contributed by atoms with van der Waals surface area (Å²) in [5.41, 5.74) is 6.69. The largest absolute Gasteiger partial charge is 1.00 e. The number of rotatable bonds is 2. The van der Waals surface area contributed by atoms with Crippen molar-refractivity contribution in [3.8, 4) is 0 Å². The van der Waals surface area contributed by atoms with Gasteiger partial charge in [0.25, 0.3) is 0 Å². The maximum atomic E-state index is 2.66. The van der Waals surface area contributed by atoms with Gasteiger partial charge in [0, 0.05) is 0 Å².